The second-order valence-corrected chi connectivity index (χ2v) is 6.67. The molecule has 2 aliphatic rings. The molecule has 2 atom stereocenters. The van der Waals surface area contributed by atoms with E-state index in [-0.39, 0.29) is 18.6 Å². The molecule has 0 radical (unpaired) electrons. The van der Waals surface area contributed by atoms with Crippen LogP contribution in [0.3, 0.4) is 0 Å². The van der Waals surface area contributed by atoms with Crippen molar-refractivity contribution in [1.82, 2.24) is 9.80 Å². The number of hydrogen-bond acceptors (Lipinski definition) is 6. The van der Waals surface area contributed by atoms with E-state index in [4.69, 9.17) is 9.94 Å². The third-order valence-electron chi connectivity index (χ3n) is 4.48. The molecular weight excluding hydrogens is 286 g/mol. The summed E-state index contributed by atoms with van der Waals surface area (Å²) in [4.78, 5) is 21.7. The first-order chi connectivity index (χ1) is 10.4. The van der Waals surface area contributed by atoms with Crippen LogP contribution < -0.4 is 0 Å². The van der Waals surface area contributed by atoms with Crippen molar-refractivity contribution in [1.29, 1.82) is 0 Å². The fourth-order valence-electron chi connectivity index (χ4n) is 3.00. The summed E-state index contributed by atoms with van der Waals surface area (Å²) in [6.45, 7) is 5.57. The highest BCUT2D eigenvalue weighted by Gasteiger charge is 2.45. The Labute approximate surface area is 131 Å². The van der Waals surface area contributed by atoms with Crippen LogP contribution >= 0.6 is 0 Å². The zero-order valence-electron chi connectivity index (χ0n) is 13.7. The fraction of sp³-hybridized carbons (Fsp3) is 0.867. The lowest BCUT2D eigenvalue weighted by atomic mass is 9.87. The van der Waals surface area contributed by atoms with Crippen molar-refractivity contribution in [3.63, 3.8) is 0 Å². The maximum atomic E-state index is 12.3. The van der Waals surface area contributed by atoms with Gasteiger partial charge in [-0.25, -0.2) is 0 Å². The van der Waals surface area contributed by atoms with E-state index in [9.17, 15) is 9.90 Å². The molecule has 0 bridgehead atoms. The molecule has 1 saturated heterocycles. The molecule has 0 saturated carbocycles. The number of nitrogens with zero attached hydrogens (tertiary/aromatic N) is 3. The second-order valence-electron chi connectivity index (χ2n) is 6.67. The number of β-amino-alcohol motifs (C(OH)–C–C–N with tert-alkyl or cyclic N) is 1. The molecule has 1 amide bonds. The number of piperidine rings is 1. The van der Waals surface area contributed by atoms with Crippen LogP contribution in [0, 0.1) is 0 Å². The van der Waals surface area contributed by atoms with Gasteiger partial charge in [0.05, 0.1) is 12.7 Å². The standard InChI is InChI=1S/C15H27N3O4/c1-11(2)17(3)14(21)13-7-15(22-16-13)5-4-6-18(10-15)8-12(20)9-19/h11-12,19-20H,4-10H2,1-3H3/t12-,15+/m1/s1. The van der Waals surface area contributed by atoms with Gasteiger partial charge in [0.15, 0.2) is 5.60 Å². The quantitative estimate of drug-likeness (QED) is 0.735. The summed E-state index contributed by atoms with van der Waals surface area (Å²) in [6, 6.07) is 0.120. The van der Waals surface area contributed by atoms with E-state index in [0.717, 1.165) is 19.4 Å². The second kappa shape index (κ2) is 6.93. The number of carbonyl (C=O) groups is 1. The zero-order valence-corrected chi connectivity index (χ0v) is 13.7. The molecule has 1 fully saturated rings. The number of carbonyl (C=O) groups excluding carboxylic acids is 1. The minimum absolute atomic E-state index is 0.0839. The van der Waals surface area contributed by atoms with Gasteiger partial charge in [0, 0.05) is 32.6 Å². The molecular formula is C15H27N3O4. The van der Waals surface area contributed by atoms with Crippen molar-refractivity contribution in [3.8, 4) is 0 Å². The van der Waals surface area contributed by atoms with Crippen molar-refractivity contribution in [3.05, 3.63) is 0 Å². The molecule has 0 aromatic carbocycles. The van der Waals surface area contributed by atoms with Crippen LogP contribution in [0.1, 0.15) is 33.1 Å². The number of aliphatic hydroxyl groups excluding tert-OH is 2. The van der Waals surface area contributed by atoms with E-state index >= 15 is 0 Å². The normalized spacial score (nSPS) is 26.9. The highest BCUT2D eigenvalue weighted by atomic mass is 16.7. The van der Waals surface area contributed by atoms with Crippen LogP contribution in [0.4, 0.5) is 0 Å². The van der Waals surface area contributed by atoms with Gasteiger partial charge >= 0.3 is 0 Å². The number of rotatable bonds is 5. The molecule has 7 heteroatoms. The minimum Gasteiger partial charge on any atom is -0.394 e. The molecule has 1 spiro atoms. The maximum absolute atomic E-state index is 12.3. The van der Waals surface area contributed by atoms with E-state index in [1.54, 1.807) is 11.9 Å². The summed E-state index contributed by atoms with van der Waals surface area (Å²) in [5, 5.41) is 22.6. The fourth-order valence-corrected chi connectivity index (χ4v) is 3.00. The Morgan fingerprint density at radius 1 is 1.55 bits per heavy atom. The average Bonchev–Trinajstić information content (AvgIpc) is 2.88. The lowest BCUT2D eigenvalue weighted by molar-refractivity contribution is -0.124. The van der Waals surface area contributed by atoms with Crippen LogP contribution in [-0.4, -0.2) is 82.7 Å². The largest absolute Gasteiger partial charge is 0.394 e. The summed E-state index contributed by atoms with van der Waals surface area (Å²) in [7, 11) is 1.77. The molecule has 2 aliphatic heterocycles. The highest BCUT2D eigenvalue weighted by Crippen LogP contribution is 2.33. The Balaban J connectivity index is 1.95. The van der Waals surface area contributed by atoms with E-state index in [0.29, 0.717) is 25.2 Å². The molecule has 22 heavy (non-hydrogen) atoms. The van der Waals surface area contributed by atoms with Crippen molar-refractivity contribution in [2.24, 2.45) is 5.16 Å². The topological polar surface area (TPSA) is 85.6 Å². The molecule has 126 valence electrons. The molecule has 0 aromatic rings. The molecule has 0 unspecified atom stereocenters. The van der Waals surface area contributed by atoms with E-state index in [2.05, 4.69) is 10.1 Å². The van der Waals surface area contributed by atoms with Gasteiger partial charge in [-0.15, -0.1) is 0 Å². The van der Waals surface area contributed by atoms with Crippen LogP contribution in [0.25, 0.3) is 0 Å². The van der Waals surface area contributed by atoms with Crippen LogP contribution in [0.5, 0.6) is 0 Å². The highest BCUT2D eigenvalue weighted by molar-refractivity contribution is 6.39. The average molecular weight is 313 g/mol. The van der Waals surface area contributed by atoms with Gasteiger partial charge in [-0.2, -0.15) is 0 Å². The van der Waals surface area contributed by atoms with Gasteiger partial charge in [-0.05, 0) is 33.2 Å². The molecule has 0 aliphatic carbocycles. The Hall–Kier alpha value is -1.18. The molecule has 2 heterocycles. The summed E-state index contributed by atoms with van der Waals surface area (Å²) in [6.07, 6.45) is 1.54. The van der Waals surface area contributed by atoms with Gasteiger partial charge in [0.1, 0.15) is 5.71 Å². The number of hydrogen-bond donors (Lipinski definition) is 2. The SMILES string of the molecule is CC(C)N(C)C(=O)C1=NO[C@@]2(CCCN(C[C@@H](O)CO)C2)C1. The third kappa shape index (κ3) is 3.77. The van der Waals surface area contributed by atoms with E-state index < -0.39 is 11.7 Å². The molecule has 0 aromatic heterocycles. The molecule has 7 nitrogen and oxygen atoms in total. The maximum Gasteiger partial charge on any atom is 0.271 e. The van der Waals surface area contributed by atoms with Crippen LogP contribution in [0.15, 0.2) is 5.16 Å². The van der Waals surface area contributed by atoms with E-state index in [1.165, 1.54) is 0 Å². The summed E-state index contributed by atoms with van der Waals surface area (Å²) in [5.74, 6) is -0.0839. The van der Waals surface area contributed by atoms with Crippen LogP contribution in [-0.2, 0) is 9.63 Å². The predicted octanol–water partition coefficient (Wildman–Crippen LogP) is -0.183. The molecule has 2 N–H and O–H groups in total. The van der Waals surface area contributed by atoms with Crippen molar-refractivity contribution < 1.29 is 19.8 Å². The summed E-state index contributed by atoms with van der Waals surface area (Å²) < 4.78 is 0. The zero-order chi connectivity index (χ0) is 16.3. The van der Waals surface area contributed by atoms with Gasteiger partial charge in [0.25, 0.3) is 5.91 Å². The lowest BCUT2D eigenvalue weighted by Crippen LogP contribution is -2.51. The first-order valence-corrected chi connectivity index (χ1v) is 7.90. The van der Waals surface area contributed by atoms with Crippen molar-refractivity contribution >= 4 is 11.6 Å². The van der Waals surface area contributed by atoms with Gasteiger partial charge in [0.2, 0.25) is 0 Å². The number of likely N-dealkylation sites (tertiary alicyclic amines) is 1. The monoisotopic (exact) mass is 313 g/mol. The Morgan fingerprint density at radius 3 is 2.91 bits per heavy atom. The minimum atomic E-state index is -0.745. The Morgan fingerprint density at radius 2 is 2.27 bits per heavy atom. The lowest BCUT2D eigenvalue weighted by Gasteiger charge is -2.38. The van der Waals surface area contributed by atoms with E-state index in [1.807, 2.05) is 13.8 Å². The number of oxime groups is 1. The first-order valence-electron chi connectivity index (χ1n) is 7.90. The number of amides is 1. The van der Waals surface area contributed by atoms with Crippen LogP contribution in [0.2, 0.25) is 0 Å². The van der Waals surface area contributed by atoms with Crippen molar-refractivity contribution in [2.45, 2.75) is 50.9 Å². The summed E-state index contributed by atoms with van der Waals surface area (Å²) in [5.41, 5.74) is 0.0109. The summed E-state index contributed by atoms with van der Waals surface area (Å²) >= 11 is 0. The predicted molar refractivity (Wildman–Crippen MR) is 82.5 cm³/mol. The Kier molecular flexibility index (Phi) is 5.41. The van der Waals surface area contributed by atoms with Gasteiger partial charge < -0.3 is 20.0 Å². The van der Waals surface area contributed by atoms with Gasteiger partial charge in [-0.3, -0.25) is 9.69 Å². The third-order valence-corrected chi connectivity index (χ3v) is 4.48. The van der Waals surface area contributed by atoms with Crippen molar-refractivity contribution in [2.75, 3.05) is 33.3 Å². The number of aliphatic hydroxyl groups is 2. The molecule has 2 rings (SSSR count). The first kappa shape index (κ1) is 17.2. The Bertz CT molecular complexity index is 441. The van der Waals surface area contributed by atoms with Gasteiger partial charge in [-0.1, -0.05) is 5.16 Å². The smallest absolute Gasteiger partial charge is 0.271 e.